The van der Waals surface area contributed by atoms with E-state index < -0.39 is 12.6 Å². The lowest BCUT2D eigenvalue weighted by Crippen LogP contribution is -2.19. The summed E-state index contributed by atoms with van der Waals surface area (Å²) in [7, 11) is 0. The molecule has 0 radical (unpaired) electrons. The summed E-state index contributed by atoms with van der Waals surface area (Å²) in [6, 6.07) is 12.2. The SMILES string of the molecule is Cc1ccc(Cl)cc1N=C1NC(=O)/C(=C/c2cccc(OCC(=O)O)c2)S1. The van der Waals surface area contributed by atoms with E-state index in [0.717, 1.165) is 11.1 Å². The predicted molar refractivity (Wildman–Crippen MR) is 107 cm³/mol. The van der Waals surface area contributed by atoms with Gasteiger partial charge < -0.3 is 15.2 Å². The van der Waals surface area contributed by atoms with Crippen molar-refractivity contribution in [1.29, 1.82) is 0 Å². The van der Waals surface area contributed by atoms with Crippen molar-refractivity contribution in [2.75, 3.05) is 6.61 Å². The van der Waals surface area contributed by atoms with Gasteiger partial charge >= 0.3 is 5.97 Å². The number of aryl methyl sites for hydroxylation is 1. The molecule has 0 bridgehead atoms. The molecule has 6 nitrogen and oxygen atoms in total. The van der Waals surface area contributed by atoms with E-state index in [2.05, 4.69) is 10.3 Å². The number of halogens is 1. The summed E-state index contributed by atoms with van der Waals surface area (Å²) in [6.07, 6.45) is 1.70. The van der Waals surface area contributed by atoms with Crippen LogP contribution in [-0.2, 0) is 9.59 Å². The molecule has 1 aliphatic rings. The van der Waals surface area contributed by atoms with Gasteiger partial charge in [0, 0.05) is 5.02 Å². The number of benzene rings is 2. The van der Waals surface area contributed by atoms with Crippen LogP contribution in [0.1, 0.15) is 11.1 Å². The number of carbonyl (C=O) groups excluding carboxylic acids is 1. The molecule has 0 saturated carbocycles. The van der Waals surface area contributed by atoms with E-state index in [9.17, 15) is 9.59 Å². The second kappa shape index (κ2) is 8.28. The molecule has 138 valence electrons. The van der Waals surface area contributed by atoms with Gasteiger partial charge in [-0.2, -0.15) is 0 Å². The molecule has 0 unspecified atom stereocenters. The van der Waals surface area contributed by atoms with E-state index in [1.54, 1.807) is 42.5 Å². The standard InChI is InChI=1S/C19H15ClN2O4S/c1-11-5-6-13(20)9-15(11)21-19-22-18(25)16(27-19)8-12-3-2-4-14(7-12)26-10-17(23)24/h2-9H,10H2,1H3,(H,23,24)(H,21,22,25)/b16-8-. The number of thioether (sulfide) groups is 1. The topological polar surface area (TPSA) is 88.0 Å². The predicted octanol–water partition coefficient (Wildman–Crippen LogP) is 4.00. The van der Waals surface area contributed by atoms with Crippen LogP contribution >= 0.6 is 23.4 Å². The minimum absolute atomic E-state index is 0.254. The zero-order chi connectivity index (χ0) is 19.4. The van der Waals surface area contributed by atoms with Crippen LogP contribution in [0.15, 0.2) is 52.4 Å². The summed E-state index contributed by atoms with van der Waals surface area (Å²) < 4.78 is 5.15. The molecule has 0 aliphatic carbocycles. The normalized spacial score (nSPS) is 16.6. The van der Waals surface area contributed by atoms with Crippen molar-refractivity contribution in [1.82, 2.24) is 5.32 Å². The van der Waals surface area contributed by atoms with Gasteiger partial charge in [0.1, 0.15) is 5.75 Å². The number of rotatable bonds is 5. The molecule has 2 aromatic rings. The molecule has 3 rings (SSSR count). The second-order valence-electron chi connectivity index (χ2n) is 5.67. The van der Waals surface area contributed by atoms with E-state index >= 15 is 0 Å². The Labute approximate surface area is 164 Å². The van der Waals surface area contributed by atoms with Gasteiger partial charge in [-0.15, -0.1) is 0 Å². The lowest BCUT2D eigenvalue weighted by atomic mass is 10.2. The van der Waals surface area contributed by atoms with E-state index in [1.165, 1.54) is 11.8 Å². The summed E-state index contributed by atoms with van der Waals surface area (Å²) in [6.45, 7) is 1.49. The number of aliphatic carboxylic acids is 1. The summed E-state index contributed by atoms with van der Waals surface area (Å²) in [5, 5.41) is 12.4. The smallest absolute Gasteiger partial charge is 0.341 e. The third-order valence-corrected chi connectivity index (χ3v) is 4.71. The molecule has 1 amide bonds. The number of hydrogen-bond acceptors (Lipinski definition) is 5. The summed E-state index contributed by atoms with van der Waals surface area (Å²) in [4.78, 5) is 27.7. The fourth-order valence-electron chi connectivity index (χ4n) is 2.28. The van der Waals surface area contributed by atoms with Crippen molar-refractivity contribution < 1.29 is 19.4 Å². The van der Waals surface area contributed by atoms with Gasteiger partial charge in [0.15, 0.2) is 11.8 Å². The van der Waals surface area contributed by atoms with Crippen LogP contribution in [0.2, 0.25) is 5.02 Å². The third kappa shape index (κ3) is 5.12. The van der Waals surface area contributed by atoms with Crippen LogP contribution in [0, 0.1) is 6.92 Å². The highest BCUT2D eigenvalue weighted by Crippen LogP contribution is 2.30. The molecule has 2 aromatic carbocycles. The van der Waals surface area contributed by atoms with E-state index in [4.69, 9.17) is 21.4 Å². The van der Waals surface area contributed by atoms with Crippen LogP contribution in [-0.4, -0.2) is 28.8 Å². The Morgan fingerprint density at radius 1 is 1.33 bits per heavy atom. The molecule has 0 atom stereocenters. The number of aliphatic imine (C=N–C) groups is 1. The fraction of sp³-hybridized carbons (Fsp3) is 0.105. The number of carboxylic acids is 1. The molecule has 2 N–H and O–H groups in total. The zero-order valence-corrected chi connectivity index (χ0v) is 15.8. The highest BCUT2D eigenvalue weighted by molar-refractivity contribution is 8.18. The quantitative estimate of drug-likeness (QED) is 0.738. The zero-order valence-electron chi connectivity index (χ0n) is 14.2. The molecule has 0 aromatic heterocycles. The molecule has 27 heavy (non-hydrogen) atoms. The number of amides is 1. The summed E-state index contributed by atoms with van der Waals surface area (Å²) >= 11 is 7.22. The van der Waals surface area contributed by atoms with Crippen LogP contribution in [0.3, 0.4) is 0 Å². The number of ether oxygens (including phenoxy) is 1. The Morgan fingerprint density at radius 3 is 2.93 bits per heavy atom. The average Bonchev–Trinajstić information content (AvgIpc) is 2.96. The molecule has 8 heteroatoms. The third-order valence-electron chi connectivity index (χ3n) is 3.56. The van der Waals surface area contributed by atoms with Crippen molar-refractivity contribution in [3.63, 3.8) is 0 Å². The first-order valence-corrected chi connectivity index (χ1v) is 9.10. The highest BCUT2D eigenvalue weighted by Gasteiger charge is 2.24. The largest absolute Gasteiger partial charge is 0.482 e. The molecular weight excluding hydrogens is 388 g/mol. The van der Waals surface area contributed by atoms with Crippen LogP contribution in [0.5, 0.6) is 5.75 Å². The molecular formula is C19H15ClN2O4S. The van der Waals surface area contributed by atoms with Gasteiger partial charge in [0.25, 0.3) is 5.91 Å². The number of nitrogens with zero attached hydrogens (tertiary/aromatic N) is 1. The maximum absolute atomic E-state index is 12.2. The average molecular weight is 403 g/mol. The van der Waals surface area contributed by atoms with Gasteiger partial charge in [-0.25, -0.2) is 9.79 Å². The van der Waals surface area contributed by atoms with Gasteiger partial charge in [-0.05, 0) is 60.2 Å². The maximum atomic E-state index is 12.2. The Kier molecular flexibility index (Phi) is 5.83. The molecule has 1 fully saturated rings. The monoisotopic (exact) mass is 402 g/mol. The first kappa shape index (κ1) is 19.0. The molecule has 0 spiro atoms. The van der Waals surface area contributed by atoms with Crippen molar-refractivity contribution in [2.45, 2.75) is 6.92 Å². The number of hydrogen-bond donors (Lipinski definition) is 2. The lowest BCUT2D eigenvalue weighted by Gasteiger charge is -2.03. The highest BCUT2D eigenvalue weighted by atomic mass is 35.5. The lowest BCUT2D eigenvalue weighted by molar-refractivity contribution is -0.139. The van der Waals surface area contributed by atoms with E-state index in [1.807, 2.05) is 13.0 Å². The minimum atomic E-state index is -1.05. The van der Waals surface area contributed by atoms with Crippen molar-refractivity contribution in [3.05, 3.63) is 63.5 Å². The van der Waals surface area contributed by atoms with Crippen LogP contribution < -0.4 is 10.1 Å². The second-order valence-corrected chi connectivity index (χ2v) is 7.13. The maximum Gasteiger partial charge on any atom is 0.341 e. The fourth-order valence-corrected chi connectivity index (χ4v) is 3.28. The Hall–Kier alpha value is -2.77. The number of carbonyl (C=O) groups is 2. The van der Waals surface area contributed by atoms with E-state index in [-0.39, 0.29) is 5.91 Å². The number of carboxylic acid groups (broad SMARTS) is 1. The van der Waals surface area contributed by atoms with Crippen LogP contribution in [0.4, 0.5) is 5.69 Å². The van der Waals surface area contributed by atoms with Crippen LogP contribution in [0.25, 0.3) is 6.08 Å². The van der Waals surface area contributed by atoms with Gasteiger partial charge in [0.2, 0.25) is 0 Å². The Bertz CT molecular complexity index is 972. The van der Waals surface area contributed by atoms with Gasteiger partial charge in [-0.1, -0.05) is 29.8 Å². The van der Waals surface area contributed by atoms with Crippen molar-refractivity contribution >= 4 is 52.2 Å². The molecule has 1 heterocycles. The molecule has 1 aliphatic heterocycles. The Morgan fingerprint density at radius 2 is 2.15 bits per heavy atom. The minimum Gasteiger partial charge on any atom is -0.482 e. The van der Waals surface area contributed by atoms with E-state index in [0.29, 0.717) is 26.5 Å². The number of nitrogens with one attached hydrogen (secondary N) is 1. The summed E-state index contributed by atoms with van der Waals surface area (Å²) in [5.41, 5.74) is 2.36. The van der Waals surface area contributed by atoms with Gasteiger partial charge in [0.05, 0.1) is 10.6 Å². The van der Waals surface area contributed by atoms with Crippen molar-refractivity contribution in [2.24, 2.45) is 4.99 Å². The Balaban J connectivity index is 1.79. The number of amidine groups is 1. The van der Waals surface area contributed by atoms with Gasteiger partial charge in [-0.3, -0.25) is 4.79 Å². The first-order chi connectivity index (χ1) is 12.9. The summed E-state index contributed by atoms with van der Waals surface area (Å²) in [5.74, 6) is -0.893. The first-order valence-electron chi connectivity index (χ1n) is 7.91. The molecule has 1 saturated heterocycles. The van der Waals surface area contributed by atoms with Crippen molar-refractivity contribution in [3.8, 4) is 5.75 Å².